The molecule has 3 heteroatoms. The smallest absolute Gasteiger partial charge is 0.227 e. The van der Waals surface area contributed by atoms with Crippen molar-refractivity contribution in [3.05, 3.63) is 181 Å². The van der Waals surface area contributed by atoms with E-state index in [2.05, 4.69) is 146 Å². The van der Waals surface area contributed by atoms with Crippen molar-refractivity contribution in [3.8, 4) is 44.8 Å². The third-order valence-electron chi connectivity index (χ3n) is 9.93. The SMILES string of the molecule is CC1(C)c2ccccc2-c2ccc(N(c3ccc(-c4ccccc4)cc3)c3ccc(-c4cccc5oc(-c6ccccc6)nc45)cc3)cc21. The second-order valence-electron chi connectivity index (χ2n) is 13.2. The molecule has 8 aromatic rings. The molecule has 9 rings (SSSR count). The van der Waals surface area contributed by atoms with Gasteiger partial charge < -0.3 is 9.32 Å². The molecule has 234 valence electrons. The van der Waals surface area contributed by atoms with Gasteiger partial charge in [0, 0.05) is 33.6 Å². The first kappa shape index (κ1) is 29.0. The van der Waals surface area contributed by atoms with Gasteiger partial charge in [0.05, 0.1) is 0 Å². The van der Waals surface area contributed by atoms with Crippen molar-refractivity contribution < 1.29 is 4.42 Å². The lowest BCUT2D eigenvalue weighted by Gasteiger charge is -2.28. The summed E-state index contributed by atoms with van der Waals surface area (Å²) >= 11 is 0. The molecule has 0 saturated carbocycles. The van der Waals surface area contributed by atoms with Gasteiger partial charge in [0.25, 0.3) is 0 Å². The van der Waals surface area contributed by atoms with Crippen molar-refractivity contribution in [2.75, 3.05) is 4.90 Å². The minimum atomic E-state index is -0.0937. The van der Waals surface area contributed by atoms with Crippen molar-refractivity contribution in [1.29, 1.82) is 0 Å². The lowest BCUT2D eigenvalue weighted by molar-refractivity contribution is 0.620. The van der Waals surface area contributed by atoms with Gasteiger partial charge in [-0.05, 0) is 93.5 Å². The Balaban J connectivity index is 1.14. The van der Waals surface area contributed by atoms with Crippen molar-refractivity contribution in [2.24, 2.45) is 0 Å². The van der Waals surface area contributed by atoms with Gasteiger partial charge in [0.15, 0.2) is 5.58 Å². The molecule has 1 aliphatic rings. The van der Waals surface area contributed by atoms with Crippen LogP contribution in [0.25, 0.3) is 55.9 Å². The first-order valence-electron chi connectivity index (χ1n) is 16.8. The summed E-state index contributed by atoms with van der Waals surface area (Å²) in [7, 11) is 0. The number of aromatic nitrogens is 1. The third-order valence-corrected chi connectivity index (χ3v) is 9.93. The summed E-state index contributed by atoms with van der Waals surface area (Å²) in [6.45, 7) is 4.67. The summed E-state index contributed by atoms with van der Waals surface area (Å²) in [6.07, 6.45) is 0. The molecule has 0 radical (unpaired) electrons. The summed E-state index contributed by atoms with van der Waals surface area (Å²) in [4.78, 5) is 7.30. The normalized spacial score (nSPS) is 12.9. The van der Waals surface area contributed by atoms with Gasteiger partial charge in [-0.25, -0.2) is 4.98 Å². The summed E-state index contributed by atoms with van der Waals surface area (Å²) in [5.41, 5.74) is 15.7. The van der Waals surface area contributed by atoms with E-state index in [-0.39, 0.29) is 5.41 Å². The Morgan fingerprint density at radius 1 is 0.449 bits per heavy atom. The van der Waals surface area contributed by atoms with E-state index < -0.39 is 0 Å². The number of hydrogen-bond acceptors (Lipinski definition) is 3. The number of oxazole rings is 1. The monoisotopic (exact) mass is 630 g/mol. The Bertz CT molecular complexity index is 2440. The maximum Gasteiger partial charge on any atom is 0.227 e. The predicted molar refractivity (Wildman–Crippen MR) is 203 cm³/mol. The molecular weight excluding hydrogens is 597 g/mol. The molecule has 0 amide bonds. The van der Waals surface area contributed by atoms with E-state index >= 15 is 0 Å². The summed E-state index contributed by atoms with van der Waals surface area (Å²) in [5, 5.41) is 0. The Morgan fingerprint density at radius 3 is 1.71 bits per heavy atom. The number of nitrogens with zero attached hydrogens (tertiary/aromatic N) is 2. The van der Waals surface area contributed by atoms with Crippen LogP contribution in [-0.4, -0.2) is 4.98 Å². The van der Waals surface area contributed by atoms with Crippen LogP contribution in [0.15, 0.2) is 174 Å². The highest BCUT2D eigenvalue weighted by molar-refractivity contribution is 5.93. The Morgan fingerprint density at radius 2 is 1.00 bits per heavy atom. The maximum atomic E-state index is 6.19. The van der Waals surface area contributed by atoms with Gasteiger partial charge in [-0.15, -0.1) is 0 Å². The Hall–Kier alpha value is -6.19. The summed E-state index contributed by atoms with van der Waals surface area (Å²) in [6, 6.07) is 60.2. The fourth-order valence-electron chi connectivity index (χ4n) is 7.39. The van der Waals surface area contributed by atoms with Crippen LogP contribution in [-0.2, 0) is 5.41 Å². The second kappa shape index (κ2) is 11.5. The highest BCUT2D eigenvalue weighted by Gasteiger charge is 2.35. The third kappa shape index (κ3) is 4.94. The molecule has 7 aromatic carbocycles. The van der Waals surface area contributed by atoms with Crippen molar-refractivity contribution >= 4 is 28.2 Å². The van der Waals surface area contributed by atoms with Gasteiger partial charge >= 0.3 is 0 Å². The Kier molecular flexibility index (Phi) is 6.80. The number of benzene rings is 7. The largest absolute Gasteiger partial charge is 0.436 e. The molecule has 49 heavy (non-hydrogen) atoms. The average Bonchev–Trinajstić information content (AvgIpc) is 3.70. The number of rotatable bonds is 6. The first-order valence-corrected chi connectivity index (χ1v) is 16.8. The van der Waals surface area contributed by atoms with Crippen LogP contribution in [0.2, 0.25) is 0 Å². The first-order chi connectivity index (χ1) is 24.0. The van der Waals surface area contributed by atoms with Crippen LogP contribution in [0, 0.1) is 0 Å². The highest BCUT2D eigenvalue weighted by Crippen LogP contribution is 2.50. The molecule has 1 aromatic heterocycles. The number of para-hydroxylation sites is 1. The second-order valence-corrected chi connectivity index (χ2v) is 13.2. The van der Waals surface area contributed by atoms with Crippen LogP contribution in [0.4, 0.5) is 17.1 Å². The molecule has 0 fully saturated rings. The summed E-state index contributed by atoms with van der Waals surface area (Å²) in [5.74, 6) is 0.631. The molecule has 0 atom stereocenters. The molecule has 0 bridgehead atoms. The van der Waals surface area contributed by atoms with Gasteiger partial charge in [-0.3, -0.25) is 0 Å². The van der Waals surface area contributed by atoms with E-state index in [0.717, 1.165) is 44.9 Å². The molecule has 0 saturated heterocycles. The van der Waals surface area contributed by atoms with E-state index in [1.807, 2.05) is 42.5 Å². The zero-order chi connectivity index (χ0) is 33.0. The topological polar surface area (TPSA) is 29.3 Å². The van der Waals surface area contributed by atoms with Gasteiger partial charge in [0.1, 0.15) is 5.52 Å². The van der Waals surface area contributed by atoms with E-state index in [4.69, 9.17) is 9.40 Å². The lowest BCUT2D eigenvalue weighted by atomic mass is 9.82. The molecular formula is C46H34N2O. The number of hydrogen-bond donors (Lipinski definition) is 0. The van der Waals surface area contributed by atoms with E-state index in [9.17, 15) is 0 Å². The van der Waals surface area contributed by atoms with Crippen LogP contribution >= 0.6 is 0 Å². The fraction of sp³-hybridized carbons (Fsp3) is 0.0652. The van der Waals surface area contributed by atoms with Crippen LogP contribution < -0.4 is 4.90 Å². The fourth-order valence-corrected chi connectivity index (χ4v) is 7.39. The van der Waals surface area contributed by atoms with Gasteiger partial charge in [0.2, 0.25) is 5.89 Å². The maximum absolute atomic E-state index is 6.19. The minimum absolute atomic E-state index is 0.0937. The molecule has 0 unspecified atom stereocenters. The molecule has 3 nitrogen and oxygen atoms in total. The van der Waals surface area contributed by atoms with Crippen LogP contribution in [0.3, 0.4) is 0 Å². The van der Waals surface area contributed by atoms with Crippen molar-refractivity contribution in [2.45, 2.75) is 19.3 Å². The molecule has 0 N–H and O–H groups in total. The van der Waals surface area contributed by atoms with Crippen LogP contribution in [0.5, 0.6) is 0 Å². The minimum Gasteiger partial charge on any atom is -0.436 e. The summed E-state index contributed by atoms with van der Waals surface area (Å²) < 4.78 is 6.19. The predicted octanol–water partition coefficient (Wildman–Crippen LogP) is 12.6. The van der Waals surface area contributed by atoms with E-state index in [1.165, 1.54) is 33.4 Å². The Labute approximate surface area is 286 Å². The zero-order valence-electron chi connectivity index (χ0n) is 27.5. The molecule has 1 aliphatic carbocycles. The van der Waals surface area contributed by atoms with Gasteiger partial charge in [-0.2, -0.15) is 0 Å². The number of fused-ring (bicyclic) bond motifs is 4. The average molecular weight is 631 g/mol. The number of anilines is 3. The zero-order valence-corrected chi connectivity index (χ0v) is 27.5. The standard InChI is InChI=1S/C46H34N2O/c1-46(2)41-18-10-9-16-39(41)40-29-28-37(30-42(40)46)48(35-24-20-32(21-25-35)31-12-5-3-6-13-31)36-26-22-33(23-27-36)38-17-11-19-43-44(38)47-45(49-43)34-14-7-4-8-15-34/h3-30H,1-2H3. The van der Waals surface area contributed by atoms with Crippen molar-refractivity contribution in [1.82, 2.24) is 4.98 Å². The van der Waals surface area contributed by atoms with E-state index in [1.54, 1.807) is 0 Å². The highest BCUT2D eigenvalue weighted by atomic mass is 16.3. The quantitative estimate of drug-likeness (QED) is 0.183. The van der Waals surface area contributed by atoms with E-state index in [0.29, 0.717) is 5.89 Å². The molecule has 0 spiro atoms. The van der Waals surface area contributed by atoms with Crippen molar-refractivity contribution in [3.63, 3.8) is 0 Å². The molecule has 0 aliphatic heterocycles. The lowest BCUT2D eigenvalue weighted by Crippen LogP contribution is -2.16. The van der Waals surface area contributed by atoms with Gasteiger partial charge in [-0.1, -0.05) is 129 Å². The van der Waals surface area contributed by atoms with Crippen LogP contribution in [0.1, 0.15) is 25.0 Å². The molecule has 1 heterocycles.